The average Bonchev–Trinajstić information content (AvgIpc) is 3.00. The number of carbonyl (C=O) groups is 1. The Morgan fingerprint density at radius 1 is 1.00 bits per heavy atom. The number of rotatable bonds is 3. The van der Waals surface area contributed by atoms with E-state index in [4.69, 9.17) is 4.74 Å². The van der Waals surface area contributed by atoms with Gasteiger partial charge in [-0.2, -0.15) is 0 Å². The summed E-state index contributed by atoms with van der Waals surface area (Å²) in [5.41, 5.74) is 4.80. The highest BCUT2D eigenvalue weighted by Crippen LogP contribution is 2.47. The van der Waals surface area contributed by atoms with Gasteiger partial charge in [-0.1, -0.05) is 64.0 Å². The smallest absolute Gasteiger partial charge is 0.323 e. The van der Waals surface area contributed by atoms with Gasteiger partial charge in [-0.05, 0) is 43.7 Å². The molecule has 0 spiro atoms. The number of ether oxygens (including phenoxy) is 1. The number of benzene rings is 3. The van der Waals surface area contributed by atoms with E-state index in [2.05, 4.69) is 51.7 Å². The third kappa shape index (κ3) is 3.76. The molecule has 0 saturated heterocycles. The van der Waals surface area contributed by atoms with E-state index in [1.807, 2.05) is 55.5 Å². The third-order valence-electron chi connectivity index (χ3n) is 4.91. The molecular weight excluding hydrogens is 416 g/mol. The van der Waals surface area contributed by atoms with Crippen LogP contribution in [0.15, 0.2) is 71.2 Å². The van der Waals surface area contributed by atoms with Gasteiger partial charge in [0.1, 0.15) is 11.9 Å². The Morgan fingerprint density at radius 2 is 1.71 bits per heavy atom. The molecule has 2 N–H and O–H groups in total. The molecule has 5 heteroatoms. The van der Waals surface area contributed by atoms with Crippen molar-refractivity contribution in [2.45, 2.75) is 25.9 Å². The summed E-state index contributed by atoms with van der Waals surface area (Å²) in [6, 6.07) is 21.6. The van der Waals surface area contributed by atoms with E-state index < -0.39 is 0 Å². The summed E-state index contributed by atoms with van der Waals surface area (Å²) in [4.78, 5) is 12.5. The van der Waals surface area contributed by atoms with Crippen LogP contribution in [-0.2, 0) is 0 Å². The minimum Gasteiger partial charge on any atom is -0.487 e. The Kier molecular flexibility index (Phi) is 5.09. The van der Waals surface area contributed by atoms with Crippen LogP contribution in [0.3, 0.4) is 0 Å². The number of anilines is 2. The van der Waals surface area contributed by atoms with E-state index in [-0.39, 0.29) is 18.1 Å². The first-order valence-corrected chi connectivity index (χ1v) is 10.0. The largest absolute Gasteiger partial charge is 0.487 e. The molecule has 0 bridgehead atoms. The van der Waals surface area contributed by atoms with E-state index in [0.717, 1.165) is 27.0 Å². The second-order valence-electron chi connectivity index (χ2n) is 7.03. The first-order chi connectivity index (χ1) is 13.5. The number of urea groups is 1. The fraction of sp³-hybridized carbons (Fsp3) is 0.174. The second kappa shape index (κ2) is 7.68. The third-order valence-corrected chi connectivity index (χ3v) is 5.36. The Bertz CT molecular complexity index is 1000. The first kappa shape index (κ1) is 18.6. The van der Waals surface area contributed by atoms with Crippen LogP contribution >= 0.6 is 15.9 Å². The molecule has 0 aromatic heterocycles. The zero-order chi connectivity index (χ0) is 19.7. The van der Waals surface area contributed by atoms with E-state index in [9.17, 15) is 4.79 Å². The summed E-state index contributed by atoms with van der Waals surface area (Å²) >= 11 is 3.57. The van der Waals surface area contributed by atoms with Crippen molar-refractivity contribution in [1.29, 1.82) is 0 Å². The van der Waals surface area contributed by atoms with Crippen LogP contribution in [-0.4, -0.2) is 12.1 Å². The summed E-state index contributed by atoms with van der Waals surface area (Å²) < 4.78 is 7.06. The van der Waals surface area contributed by atoms with Gasteiger partial charge >= 0.3 is 6.03 Å². The van der Waals surface area contributed by atoms with E-state index >= 15 is 0 Å². The summed E-state index contributed by atoms with van der Waals surface area (Å²) in [5.74, 6) is 0.845. The quantitative estimate of drug-likeness (QED) is 0.504. The molecule has 3 aromatic rings. The summed E-state index contributed by atoms with van der Waals surface area (Å²) in [7, 11) is 0. The molecule has 2 amide bonds. The maximum Gasteiger partial charge on any atom is 0.323 e. The topological polar surface area (TPSA) is 50.4 Å². The molecule has 0 aliphatic carbocycles. The van der Waals surface area contributed by atoms with Crippen molar-refractivity contribution in [1.82, 2.24) is 0 Å². The number of nitrogens with one attached hydrogen (secondary N) is 2. The molecule has 1 heterocycles. The van der Waals surface area contributed by atoms with Crippen LogP contribution in [0.5, 0.6) is 5.75 Å². The number of fused-ring (bicyclic) bond motifs is 1. The molecular formula is C23H21BrN2O2. The normalized spacial score (nSPS) is 17.5. The van der Waals surface area contributed by atoms with E-state index in [1.54, 1.807) is 0 Å². The lowest BCUT2D eigenvalue weighted by Crippen LogP contribution is -2.20. The zero-order valence-corrected chi connectivity index (χ0v) is 17.3. The molecule has 0 fully saturated rings. The van der Waals surface area contributed by atoms with Crippen molar-refractivity contribution in [2.24, 2.45) is 0 Å². The molecule has 28 heavy (non-hydrogen) atoms. The minimum atomic E-state index is -0.302. The number of carbonyl (C=O) groups excluding carboxylic acids is 1. The van der Waals surface area contributed by atoms with Crippen molar-refractivity contribution < 1.29 is 9.53 Å². The van der Waals surface area contributed by atoms with Crippen molar-refractivity contribution >= 4 is 33.3 Å². The van der Waals surface area contributed by atoms with Crippen LogP contribution in [0.2, 0.25) is 0 Å². The summed E-state index contributed by atoms with van der Waals surface area (Å²) in [6.07, 6.45) is -0.0209. The molecule has 4 nitrogen and oxygen atoms in total. The van der Waals surface area contributed by atoms with Gasteiger partial charge in [-0.15, -0.1) is 0 Å². The Morgan fingerprint density at radius 3 is 2.43 bits per heavy atom. The molecule has 0 unspecified atom stereocenters. The van der Waals surface area contributed by atoms with Gasteiger partial charge in [-0.3, -0.25) is 0 Å². The zero-order valence-electron chi connectivity index (χ0n) is 15.7. The first-order valence-electron chi connectivity index (χ1n) is 9.21. The highest BCUT2D eigenvalue weighted by atomic mass is 79.9. The predicted octanol–water partition coefficient (Wildman–Crippen LogP) is 6.31. The van der Waals surface area contributed by atoms with Crippen molar-refractivity contribution in [3.05, 3.63) is 87.9 Å². The van der Waals surface area contributed by atoms with Crippen LogP contribution in [0.4, 0.5) is 16.2 Å². The van der Waals surface area contributed by atoms with Crippen molar-refractivity contribution in [3.63, 3.8) is 0 Å². The molecule has 3 aromatic carbocycles. The standard InChI is InChI=1S/C23H21BrN2O2/c1-14-8-10-18(11-9-14)25-23(27)26-20-13-17(24)12-19-21(15(2)28-22(19)20)16-6-4-3-5-7-16/h3-13,15,21H,1-2H3,(H2,25,26,27)/t15-,21-/m1/s1. The molecule has 0 radical (unpaired) electrons. The fourth-order valence-corrected chi connectivity index (χ4v) is 4.08. The van der Waals surface area contributed by atoms with Crippen molar-refractivity contribution in [2.75, 3.05) is 10.6 Å². The lowest BCUT2D eigenvalue weighted by molar-refractivity contribution is 0.239. The Hall–Kier alpha value is -2.79. The second-order valence-corrected chi connectivity index (χ2v) is 7.94. The van der Waals surface area contributed by atoms with Gasteiger partial charge < -0.3 is 15.4 Å². The van der Waals surface area contributed by atoms with Crippen LogP contribution < -0.4 is 15.4 Å². The Labute approximate surface area is 173 Å². The number of halogens is 1. The van der Waals surface area contributed by atoms with Gasteiger partial charge in [0.2, 0.25) is 0 Å². The highest BCUT2D eigenvalue weighted by Gasteiger charge is 2.35. The summed E-state index contributed by atoms with van der Waals surface area (Å²) in [6.45, 7) is 4.07. The summed E-state index contributed by atoms with van der Waals surface area (Å²) in [5, 5.41) is 5.80. The molecule has 142 valence electrons. The molecule has 4 rings (SSSR count). The van der Waals surface area contributed by atoms with Crippen LogP contribution in [0, 0.1) is 6.92 Å². The minimum absolute atomic E-state index is 0.0209. The maximum atomic E-state index is 12.5. The van der Waals surface area contributed by atoms with Gasteiger partial charge in [0, 0.05) is 21.6 Å². The van der Waals surface area contributed by atoms with Gasteiger partial charge in [-0.25, -0.2) is 4.79 Å². The lowest BCUT2D eigenvalue weighted by atomic mass is 9.89. The average molecular weight is 437 g/mol. The molecule has 0 saturated carbocycles. The predicted molar refractivity (Wildman–Crippen MR) is 116 cm³/mol. The van der Waals surface area contributed by atoms with Gasteiger partial charge in [0.05, 0.1) is 5.69 Å². The molecule has 1 aliphatic rings. The van der Waals surface area contributed by atoms with E-state index in [0.29, 0.717) is 5.69 Å². The van der Waals surface area contributed by atoms with Crippen LogP contribution in [0.25, 0.3) is 0 Å². The maximum absolute atomic E-state index is 12.5. The number of aryl methyl sites for hydroxylation is 1. The lowest BCUT2D eigenvalue weighted by Gasteiger charge is -2.15. The molecule has 2 atom stereocenters. The Balaban J connectivity index is 1.61. The number of hydrogen-bond donors (Lipinski definition) is 2. The monoisotopic (exact) mass is 436 g/mol. The molecule has 1 aliphatic heterocycles. The van der Waals surface area contributed by atoms with E-state index in [1.165, 1.54) is 5.56 Å². The highest BCUT2D eigenvalue weighted by molar-refractivity contribution is 9.10. The van der Waals surface area contributed by atoms with Gasteiger partial charge in [0.15, 0.2) is 0 Å². The number of hydrogen-bond acceptors (Lipinski definition) is 2. The number of amides is 2. The SMILES string of the molecule is Cc1ccc(NC(=O)Nc2cc(Br)cc3c2O[C@H](C)[C@@H]3c2ccccc2)cc1. The van der Waals surface area contributed by atoms with Crippen LogP contribution in [0.1, 0.15) is 29.5 Å². The van der Waals surface area contributed by atoms with Crippen molar-refractivity contribution in [3.8, 4) is 5.75 Å². The fourth-order valence-electron chi connectivity index (χ4n) is 3.61. The van der Waals surface area contributed by atoms with Gasteiger partial charge in [0.25, 0.3) is 0 Å².